The second-order valence-electron chi connectivity index (χ2n) is 8.10. The largest absolute Gasteiger partial charge is 0.371 e. The predicted octanol–water partition coefficient (Wildman–Crippen LogP) is 5.03. The molecule has 0 atom stereocenters. The van der Waals surface area contributed by atoms with E-state index in [4.69, 9.17) is 0 Å². The fraction of sp³-hybridized carbons (Fsp3) is 0.308. The van der Waals surface area contributed by atoms with Gasteiger partial charge >= 0.3 is 0 Å². The Morgan fingerprint density at radius 3 is 2.37 bits per heavy atom. The van der Waals surface area contributed by atoms with Gasteiger partial charge in [0.15, 0.2) is 18.9 Å². The Balaban J connectivity index is 1.23. The SMILES string of the molecule is C(=C\c1cc2c3c(c1)CCCN3CCC2)/c1cc[n+](CCSc2ccccn2)cc1. The normalized spacial score (nSPS) is 15.4. The van der Waals surface area contributed by atoms with E-state index < -0.39 is 0 Å². The minimum absolute atomic E-state index is 0.982. The van der Waals surface area contributed by atoms with Gasteiger partial charge in [0.05, 0.1) is 10.8 Å². The Morgan fingerprint density at radius 1 is 0.933 bits per heavy atom. The molecule has 5 rings (SSSR count). The number of pyridine rings is 2. The molecule has 152 valence electrons. The molecule has 3 nitrogen and oxygen atoms in total. The second kappa shape index (κ2) is 9.05. The van der Waals surface area contributed by atoms with Crippen LogP contribution in [0.5, 0.6) is 0 Å². The van der Waals surface area contributed by atoms with Crippen molar-refractivity contribution in [2.75, 3.05) is 23.7 Å². The van der Waals surface area contributed by atoms with Crippen molar-refractivity contribution >= 4 is 29.6 Å². The van der Waals surface area contributed by atoms with Crippen LogP contribution in [0.4, 0.5) is 5.69 Å². The number of nitrogens with zero attached hydrogens (tertiary/aromatic N) is 3. The van der Waals surface area contributed by atoms with Gasteiger partial charge in [-0.2, -0.15) is 0 Å². The molecule has 1 aromatic carbocycles. The van der Waals surface area contributed by atoms with Gasteiger partial charge in [-0.1, -0.05) is 30.0 Å². The summed E-state index contributed by atoms with van der Waals surface area (Å²) in [5.41, 5.74) is 7.24. The summed E-state index contributed by atoms with van der Waals surface area (Å²) < 4.78 is 2.24. The lowest BCUT2D eigenvalue weighted by Crippen LogP contribution is -2.34. The van der Waals surface area contributed by atoms with Crippen molar-refractivity contribution in [3.8, 4) is 0 Å². The number of rotatable bonds is 6. The molecule has 2 aliphatic rings. The summed E-state index contributed by atoms with van der Waals surface area (Å²) in [5, 5.41) is 1.09. The van der Waals surface area contributed by atoms with E-state index in [0.29, 0.717) is 0 Å². The van der Waals surface area contributed by atoms with Crippen molar-refractivity contribution < 1.29 is 4.57 Å². The first-order valence-electron chi connectivity index (χ1n) is 11.0. The van der Waals surface area contributed by atoms with Crippen LogP contribution in [-0.4, -0.2) is 23.8 Å². The van der Waals surface area contributed by atoms with Gasteiger partial charge in [-0.25, -0.2) is 9.55 Å². The molecule has 0 unspecified atom stereocenters. The average molecular weight is 415 g/mol. The fourth-order valence-electron chi connectivity index (χ4n) is 4.54. The first-order valence-corrected chi connectivity index (χ1v) is 12.0. The number of anilines is 1. The topological polar surface area (TPSA) is 20.0 Å². The zero-order valence-electron chi connectivity index (χ0n) is 17.3. The van der Waals surface area contributed by atoms with E-state index in [9.17, 15) is 0 Å². The van der Waals surface area contributed by atoms with Crippen molar-refractivity contribution in [1.82, 2.24) is 4.98 Å². The van der Waals surface area contributed by atoms with Crippen LogP contribution in [0.15, 0.2) is 66.1 Å². The van der Waals surface area contributed by atoms with Crippen LogP contribution in [0.3, 0.4) is 0 Å². The lowest BCUT2D eigenvalue weighted by Gasteiger charge is -2.37. The van der Waals surface area contributed by atoms with Gasteiger partial charge < -0.3 is 4.90 Å². The second-order valence-corrected chi connectivity index (χ2v) is 9.22. The smallest absolute Gasteiger partial charge is 0.169 e. The molecule has 4 heterocycles. The molecule has 0 N–H and O–H groups in total. The molecule has 30 heavy (non-hydrogen) atoms. The van der Waals surface area contributed by atoms with E-state index in [2.05, 4.69) is 69.3 Å². The van der Waals surface area contributed by atoms with Gasteiger partial charge in [-0.3, -0.25) is 0 Å². The molecule has 3 aromatic rings. The number of benzene rings is 1. The monoisotopic (exact) mass is 414 g/mol. The van der Waals surface area contributed by atoms with E-state index in [1.807, 2.05) is 18.3 Å². The number of hydrogen-bond donors (Lipinski definition) is 0. The molecule has 2 aliphatic heterocycles. The third kappa shape index (κ3) is 4.44. The van der Waals surface area contributed by atoms with Gasteiger partial charge in [0.25, 0.3) is 0 Å². The Hall–Kier alpha value is -2.59. The highest BCUT2D eigenvalue weighted by atomic mass is 32.2. The lowest BCUT2D eigenvalue weighted by molar-refractivity contribution is -0.692. The summed E-state index contributed by atoms with van der Waals surface area (Å²) in [5.74, 6) is 1.02. The van der Waals surface area contributed by atoms with Crippen LogP contribution in [-0.2, 0) is 19.4 Å². The molecule has 0 spiro atoms. The molecule has 0 fully saturated rings. The summed E-state index contributed by atoms with van der Waals surface area (Å²) in [6.45, 7) is 3.45. The first kappa shape index (κ1) is 19.4. The summed E-state index contributed by atoms with van der Waals surface area (Å²) in [7, 11) is 0. The highest BCUT2D eigenvalue weighted by molar-refractivity contribution is 7.99. The zero-order valence-corrected chi connectivity index (χ0v) is 18.2. The summed E-state index contributed by atoms with van der Waals surface area (Å²) >= 11 is 1.80. The first-order chi connectivity index (χ1) is 14.8. The Labute approximate surface area is 183 Å². The highest BCUT2D eigenvalue weighted by Crippen LogP contribution is 2.36. The maximum atomic E-state index is 4.37. The van der Waals surface area contributed by atoms with Gasteiger partial charge in [-0.05, 0) is 72.2 Å². The van der Waals surface area contributed by atoms with E-state index >= 15 is 0 Å². The van der Waals surface area contributed by atoms with Crippen LogP contribution in [0.25, 0.3) is 12.2 Å². The van der Waals surface area contributed by atoms with Crippen molar-refractivity contribution in [1.29, 1.82) is 0 Å². The summed E-state index contributed by atoms with van der Waals surface area (Å²) in [6, 6.07) is 15.3. The maximum Gasteiger partial charge on any atom is 0.169 e. The molecule has 0 bridgehead atoms. The molecule has 2 aromatic heterocycles. The summed E-state index contributed by atoms with van der Waals surface area (Å²) in [6.07, 6.45) is 15.7. The number of aryl methyl sites for hydroxylation is 3. The highest BCUT2D eigenvalue weighted by Gasteiger charge is 2.23. The van der Waals surface area contributed by atoms with Crippen LogP contribution < -0.4 is 9.47 Å². The number of hydrogen-bond acceptors (Lipinski definition) is 3. The Bertz CT molecular complexity index is 997. The van der Waals surface area contributed by atoms with Crippen LogP contribution in [0, 0.1) is 0 Å². The molecule has 0 radical (unpaired) electrons. The third-order valence-electron chi connectivity index (χ3n) is 5.98. The Morgan fingerprint density at radius 2 is 1.67 bits per heavy atom. The third-order valence-corrected chi connectivity index (χ3v) is 6.90. The lowest BCUT2D eigenvalue weighted by atomic mass is 9.90. The summed E-state index contributed by atoms with van der Waals surface area (Å²) in [4.78, 5) is 6.97. The average Bonchev–Trinajstić information content (AvgIpc) is 2.80. The molecule has 0 saturated heterocycles. The van der Waals surface area contributed by atoms with Crippen LogP contribution >= 0.6 is 11.8 Å². The minimum Gasteiger partial charge on any atom is -0.371 e. The fourth-order valence-corrected chi connectivity index (χ4v) is 5.36. The molecule has 0 amide bonds. The molecular formula is C26H28N3S+. The van der Waals surface area contributed by atoms with Crippen molar-refractivity contribution in [2.24, 2.45) is 0 Å². The molecular weight excluding hydrogens is 386 g/mol. The number of thioether (sulfide) groups is 1. The standard InChI is InChI=1S/C26H28N3S/c1-2-12-27-25(7-1)30-18-17-28-15-10-21(11-16-28)8-9-22-19-23-5-3-13-29-14-4-6-24(20-22)26(23)29/h1-2,7-12,15-16,19-20H,3-6,13-14,17-18H2/q+1. The quantitative estimate of drug-likeness (QED) is 0.417. The van der Waals surface area contributed by atoms with Crippen molar-refractivity contribution in [2.45, 2.75) is 37.3 Å². The van der Waals surface area contributed by atoms with E-state index in [-0.39, 0.29) is 0 Å². The van der Waals surface area contributed by atoms with Gasteiger partial charge in [0, 0.05) is 37.1 Å². The van der Waals surface area contributed by atoms with Gasteiger partial charge in [-0.15, -0.1) is 0 Å². The van der Waals surface area contributed by atoms with Gasteiger partial charge in [0.2, 0.25) is 0 Å². The van der Waals surface area contributed by atoms with Crippen LogP contribution in [0.2, 0.25) is 0 Å². The van der Waals surface area contributed by atoms with Crippen LogP contribution in [0.1, 0.15) is 35.1 Å². The van der Waals surface area contributed by atoms with E-state index in [1.54, 1.807) is 28.6 Å². The van der Waals surface area contributed by atoms with Crippen molar-refractivity contribution in [3.63, 3.8) is 0 Å². The molecule has 4 heteroatoms. The van der Waals surface area contributed by atoms with E-state index in [1.165, 1.54) is 49.9 Å². The number of aromatic nitrogens is 2. The molecule has 0 saturated carbocycles. The zero-order chi connectivity index (χ0) is 20.2. The maximum absolute atomic E-state index is 4.37. The van der Waals surface area contributed by atoms with Crippen molar-refractivity contribution in [3.05, 3.63) is 83.3 Å². The Kier molecular flexibility index (Phi) is 5.85. The predicted molar refractivity (Wildman–Crippen MR) is 126 cm³/mol. The minimum atomic E-state index is 0.982. The van der Waals surface area contributed by atoms with E-state index in [0.717, 1.165) is 17.3 Å². The van der Waals surface area contributed by atoms with Gasteiger partial charge in [0.1, 0.15) is 0 Å². The molecule has 0 aliphatic carbocycles.